The van der Waals surface area contributed by atoms with Gasteiger partial charge in [0.15, 0.2) is 0 Å². The van der Waals surface area contributed by atoms with Crippen molar-refractivity contribution in [1.29, 1.82) is 0 Å². The predicted octanol–water partition coefficient (Wildman–Crippen LogP) is 3.73. The zero-order valence-electron chi connectivity index (χ0n) is 13.2. The van der Waals surface area contributed by atoms with Crippen LogP contribution in [0.25, 0.3) is 0 Å². The Kier molecular flexibility index (Phi) is 5.16. The first-order chi connectivity index (χ1) is 10.9. The molecule has 4 nitrogen and oxygen atoms in total. The minimum atomic E-state index is -1.01. The van der Waals surface area contributed by atoms with Gasteiger partial charge in [0.2, 0.25) is 0 Å². The van der Waals surface area contributed by atoms with Crippen molar-refractivity contribution in [1.82, 2.24) is 0 Å². The molecule has 2 rings (SSSR count). The van der Waals surface area contributed by atoms with Crippen molar-refractivity contribution in [2.24, 2.45) is 0 Å². The Labute approximate surface area is 135 Å². The quantitative estimate of drug-likeness (QED) is 0.852. The van der Waals surface area contributed by atoms with E-state index in [9.17, 15) is 19.8 Å². The van der Waals surface area contributed by atoms with Crippen LogP contribution < -0.4 is 0 Å². The van der Waals surface area contributed by atoms with Crippen molar-refractivity contribution >= 4 is 11.9 Å². The molecule has 0 bridgehead atoms. The van der Waals surface area contributed by atoms with Crippen molar-refractivity contribution in [3.63, 3.8) is 0 Å². The van der Waals surface area contributed by atoms with E-state index in [0.717, 1.165) is 16.7 Å². The molecule has 0 saturated heterocycles. The number of aryl methyl sites for hydroxylation is 2. The van der Waals surface area contributed by atoms with Gasteiger partial charge in [-0.15, -0.1) is 0 Å². The summed E-state index contributed by atoms with van der Waals surface area (Å²) in [5.74, 6) is -3.53. The third-order valence-electron chi connectivity index (χ3n) is 3.93. The van der Waals surface area contributed by atoms with E-state index in [1.54, 1.807) is 18.2 Å². The Balaban J connectivity index is 2.53. The third kappa shape index (κ3) is 4.19. The second-order valence-corrected chi connectivity index (χ2v) is 5.85. The van der Waals surface area contributed by atoms with Gasteiger partial charge in [0.05, 0.1) is 12.3 Å². The van der Waals surface area contributed by atoms with E-state index < -0.39 is 23.8 Å². The average Bonchev–Trinajstić information content (AvgIpc) is 2.46. The number of carbonyl (C=O) groups is 2. The van der Waals surface area contributed by atoms with Gasteiger partial charge in [0, 0.05) is 5.92 Å². The van der Waals surface area contributed by atoms with Gasteiger partial charge in [-0.1, -0.05) is 59.7 Å². The van der Waals surface area contributed by atoms with Crippen LogP contribution >= 0.6 is 0 Å². The van der Waals surface area contributed by atoms with Gasteiger partial charge in [-0.25, -0.2) is 0 Å². The Hall–Kier alpha value is -2.62. The summed E-state index contributed by atoms with van der Waals surface area (Å²) in [7, 11) is 0. The van der Waals surface area contributed by atoms with Gasteiger partial charge in [0.1, 0.15) is 0 Å². The van der Waals surface area contributed by atoms with Gasteiger partial charge < -0.3 is 10.2 Å². The first-order valence-electron chi connectivity index (χ1n) is 7.46. The van der Waals surface area contributed by atoms with Gasteiger partial charge in [-0.3, -0.25) is 9.59 Å². The van der Waals surface area contributed by atoms with E-state index in [1.807, 2.05) is 44.2 Å². The maximum Gasteiger partial charge on any atom is 0.311 e. The second-order valence-electron chi connectivity index (χ2n) is 5.85. The number of carboxylic acid groups (broad SMARTS) is 2. The summed E-state index contributed by atoms with van der Waals surface area (Å²) in [5.41, 5.74) is 3.30. The lowest BCUT2D eigenvalue weighted by Crippen LogP contribution is -2.22. The van der Waals surface area contributed by atoms with Crippen LogP contribution in [0.15, 0.2) is 48.5 Å². The van der Waals surface area contributed by atoms with Gasteiger partial charge in [-0.2, -0.15) is 0 Å². The molecule has 0 amide bonds. The molecule has 2 aromatic carbocycles. The van der Waals surface area contributed by atoms with Crippen LogP contribution in [-0.4, -0.2) is 22.2 Å². The predicted molar refractivity (Wildman–Crippen MR) is 87.7 cm³/mol. The monoisotopic (exact) mass is 312 g/mol. The highest BCUT2D eigenvalue weighted by Crippen LogP contribution is 2.36. The van der Waals surface area contributed by atoms with Gasteiger partial charge >= 0.3 is 11.9 Å². The van der Waals surface area contributed by atoms with E-state index in [-0.39, 0.29) is 6.42 Å². The van der Waals surface area contributed by atoms with E-state index >= 15 is 0 Å². The molecule has 2 unspecified atom stereocenters. The summed E-state index contributed by atoms with van der Waals surface area (Å²) >= 11 is 0. The largest absolute Gasteiger partial charge is 0.481 e. The van der Waals surface area contributed by atoms with Crippen LogP contribution in [0.3, 0.4) is 0 Å². The van der Waals surface area contributed by atoms with Crippen LogP contribution in [0, 0.1) is 13.8 Å². The molecule has 2 N–H and O–H groups in total. The molecule has 0 aliphatic heterocycles. The van der Waals surface area contributed by atoms with Crippen LogP contribution in [0.5, 0.6) is 0 Å². The molecule has 23 heavy (non-hydrogen) atoms. The lowest BCUT2D eigenvalue weighted by atomic mass is 9.79. The summed E-state index contributed by atoms with van der Waals surface area (Å²) in [5, 5.41) is 19.0. The fraction of sp³-hybridized carbons (Fsp3) is 0.263. The number of benzene rings is 2. The summed E-state index contributed by atoms with van der Waals surface area (Å²) in [6.07, 6.45) is -0.228. The fourth-order valence-corrected chi connectivity index (χ4v) is 2.93. The van der Waals surface area contributed by atoms with Crippen LogP contribution in [0.1, 0.15) is 40.5 Å². The number of hydrogen-bond donors (Lipinski definition) is 2. The maximum absolute atomic E-state index is 11.9. The molecule has 0 aliphatic rings. The number of rotatable bonds is 6. The van der Waals surface area contributed by atoms with E-state index in [0.29, 0.717) is 5.56 Å². The van der Waals surface area contributed by atoms with Crippen molar-refractivity contribution < 1.29 is 19.8 Å². The Bertz CT molecular complexity index is 721. The third-order valence-corrected chi connectivity index (χ3v) is 3.93. The minimum Gasteiger partial charge on any atom is -0.481 e. The smallest absolute Gasteiger partial charge is 0.311 e. The number of hydrogen-bond acceptors (Lipinski definition) is 2. The van der Waals surface area contributed by atoms with Gasteiger partial charge in [0.25, 0.3) is 0 Å². The minimum absolute atomic E-state index is 0.228. The summed E-state index contributed by atoms with van der Waals surface area (Å²) < 4.78 is 0. The number of carboxylic acids is 2. The maximum atomic E-state index is 11.9. The first kappa shape index (κ1) is 16.7. The summed E-state index contributed by atoms with van der Waals surface area (Å²) in [6.45, 7) is 3.80. The lowest BCUT2D eigenvalue weighted by Gasteiger charge is -2.24. The summed E-state index contributed by atoms with van der Waals surface area (Å²) in [4.78, 5) is 23.2. The molecular formula is C19H20O4. The SMILES string of the molecule is Cc1cccc(C(CC(=O)O)C(C(=O)O)c2cccc(C)c2)c1. The zero-order valence-corrected chi connectivity index (χ0v) is 13.2. The van der Waals surface area contributed by atoms with Crippen LogP contribution in [0.4, 0.5) is 0 Å². The van der Waals surface area contributed by atoms with E-state index in [2.05, 4.69) is 0 Å². The molecule has 2 aromatic rings. The number of aliphatic carboxylic acids is 2. The van der Waals surface area contributed by atoms with Crippen LogP contribution in [0.2, 0.25) is 0 Å². The average molecular weight is 312 g/mol. The molecule has 0 heterocycles. The van der Waals surface area contributed by atoms with Crippen molar-refractivity contribution in [2.45, 2.75) is 32.1 Å². The molecule has 120 valence electrons. The Morgan fingerprint density at radius 2 is 1.43 bits per heavy atom. The van der Waals surface area contributed by atoms with Crippen molar-refractivity contribution in [3.8, 4) is 0 Å². The highest BCUT2D eigenvalue weighted by molar-refractivity contribution is 5.79. The van der Waals surface area contributed by atoms with Gasteiger partial charge in [-0.05, 0) is 25.0 Å². The van der Waals surface area contributed by atoms with E-state index in [4.69, 9.17) is 0 Å². The summed E-state index contributed by atoms with van der Waals surface area (Å²) in [6, 6.07) is 14.6. The molecule has 4 heteroatoms. The fourth-order valence-electron chi connectivity index (χ4n) is 2.93. The molecule has 0 aromatic heterocycles. The Morgan fingerprint density at radius 1 is 0.913 bits per heavy atom. The molecular weight excluding hydrogens is 292 g/mol. The Morgan fingerprint density at radius 3 is 1.91 bits per heavy atom. The van der Waals surface area contributed by atoms with Crippen LogP contribution in [-0.2, 0) is 9.59 Å². The molecule has 2 atom stereocenters. The first-order valence-corrected chi connectivity index (χ1v) is 7.46. The molecule has 0 aliphatic carbocycles. The highest BCUT2D eigenvalue weighted by Gasteiger charge is 2.32. The second kappa shape index (κ2) is 7.09. The highest BCUT2D eigenvalue weighted by atomic mass is 16.4. The standard InChI is InChI=1S/C19H20O4/c1-12-5-3-7-14(9-12)16(11-17(20)21)18(19(22)23)15-8-4-6-13(2)10-15/h3-10,16,18H,11H2,1-2H3,(H,20,21)(H,22,23). The molecule has 0 saturated carbocycles. The molecule has 0 spiro atoms. The lowest BCUT2D eigenvalue weighted by molar-refractivity contribution is -0.140. The van der Waals surface area contributed by atoms with Crippen molar-refractivity contribution in [2.75, 3.05) is 0 Å². The molecule has 0 fully saturated rings. The van der Waals surface area contributed by atoms with Crippen molar-refractivity contribution in [3.05, 3.63) is 70.8 Å². The zero-order chi connectivity index (χ0) is 17.0. The topological polar surface area (TPSA) is 74.6 Å². The molecule has 0 radical (unpaired) electrons. The normalized spacial score (nSPS) is 13.3. The van der Waals surface area contributed by atoms with E-state index in [1.165, 1.54) is 0 Å².